The van der Waals surface area contributed by atoms with Crippen molar-refractivity contribution in [3.8, 4) is 0 Å². The van der Waals surface area contributed by atoms with E-state index in [1.54, 1.807) is 11.3 Å². The third-order valence-corrected chi connectivity index (χ3v) is 4.77. The molecule has 2 aromatic heterocycles. The number of hydrogen-bond acceptors (Lipinski definition) is 6. The maximum absolute atomic E-state index is 12.1. The third kappa shape index (κ3) is 3.50. The molecule has 0 spiro atoms. The molecule has 1 aliphatic rings. The second-order valence-corrected chi connectivity index (χ2v) is 6.63. The molecule has 1 saturated heterocycles. The summed E-state index contributed by atoms with van der Waals surface area (Å²) < 4.78 is 0. The topological polar surface area (TPSA) is 71.0 Å². The molecule has 1 unspecified atom stereocenters. The minimum atomic E-state index is -0.0130. The lowest BCUT2D eigenvalue weighted by Crippen LogP contribution is -2.31. The fourth-order valence-electron chi connectivity index (χ4n) is 2.86. The number of aryl methyl sites for hydroxylation is 2. The Morgan fingerprint density at radius 2 is 2.17 bits per heavy atom. The van der Waals surface area contributed by atoms with Gasteiger partial charge in [0.2, 0.25) is 5.91 Å². The minimum Gasteiger partial charge on any atom is -0.332 e. The molecular weight excluding hydrogens is 310 g/mol. The number of carbonyl (C=O) groups excluding carboxylic acids is 1. The van der Waals surface area contributed by atoms with Crippen molar-refractivity contribution < 1.29 is 4.79 Å². The number of aromatic nitrogens is 3. The lowest BCUT2D eigenvalue weighted by molar-refractivity contribution is -0.131. The van der Waals surface area contributed by atoms with Crippen molar-refractivity contribution in [1.29, 1.82) is 0 Å². The van der Waals surface area contributed by atoms with E-state index in [2.05, 4.69) is 20.3 Å². The smallest absolute Gasteiger partial charge is 0.222 e. The van der Waals surface area contributed by atoms with Gasteiger partial charge in [-0.3, -0.25) is 4.79 Å². The van der Waals surface area contributed by atoms with Crippen LogP contribution in [0.3, 0.4) is 0 Å². The molecule has 2 aromatic rings. The largest absolute Gasteiger partial charge is 0.332 e. The van der Waals surface area contributed by atoms with Gasteiger partial charge in [0.1, 0.15) is 5.82 Å². The molecule has 1 fully saturated rings. The number of likely N-dealkylation sites (tertiary alicyclic amines) is 1. The summed E-state index contributed by atoms with van der Waals surface area (Å²) >= 11 is 1.55. The average molecular weight is 331 g/mol. The number of nitrogens with zero attached hydrogens (tertiary/aromatic N) is 4. The summed E-state index contributed by atoms with van der Waals surface area (Å²) in [6.45, 7) is 6.60. The Morgan fingerprint density at radius 3 is 2.87 bits per heavy atom. The van der Waals surface area contributed by atoms with E-state index in [4.69, 9.17) is 0 Å². The Balaban J connectivity index is 1.86. The maximum atomic E-state index is 12.1. The molecule has 0 aromatic carbocycles. The number of hydrogen-bond donors (Lipinski definition) is 1. The monoisotopic (exact) mass is 331 g/mol. The van der Waals surface area contributed by atoms with Gasteiger partial charge in [0, 0.05) is 30.1 Å². The Labute approximate surface area is 140 Å². The van der Waals surface area contributed by atoms with Crippen LogP contribution in [0.2, 0.25) is 0 Å². The number of rotatable bonds is 4. The van der Waals surface area contributed by atoms with E-state index in [1.165, 1.54) is 0 Å². The molecule has 1 atom stereocenters. The van der Waals surface area contributed by atoms with Crippen molar-refractivity contribution in [1.82, 2.24) is 19.9 Å². The van der Waals surface area contributed by atoms with Crippen molar-refractivity contribution in [2.75, 3.05) is 11.9 Å². The molecule has 1 N–H and O–H groups in total. The molecule has 0 bridgehead atoms. The van der Waals surface area contributed by atoms with Gasteiger partial charge in [-0.05, 0) is 26.7 Å². The van der Waals surface area contributed by atoms with Crippen molar-refractivity contribution in [3.63, 3.8) is 0 Å². The summed E-state index contributed by atoms with van der Waals surface area (Å²) in [6, 6.07) is 1.89. The number of carbonyl (C=O) groups is 1. The first kappa shape index (κ1) is 15.9. The molecule has 0 radical (unpaired) electrons. The van der Waals surface area contributed by atoms with E-state index in [-0.39, 0.29) is 11.9 Å². The molecule has 0 saturated carbocycles. The summed E-state index contributed by atoms with van der Waals surface area (Å²) in [5, 5.41) is 6.06. The van der Waals surface area contributed by atoms with Gasteiger partial charge in [-0.15, -0.1) is 11.3 Å². The van der Waals surface area contributed by atoms with Crippen LogP contribution in [-0.4, -0.2) is 32.3 Å². The lowest BCUT2D eigenvalue weighted by atomic mass is 10.2. The quantitative estimate of drug-likeness (QED) is 0.930. The minimum absolute atomic E-state index is 0.0130. The van der Waals surface area contributed by atoms with E-state index < -0.39 is 0 Å². The van der Waals surface area contributed by atoms with Gasteiger partial charge >= 0.3 is 0 Å². The Hall–Kier alpha value is -2.02. The van der Waals surface area contributed by atoms with Gasteiger partial charge in [-0.25, -0.2) is 15.0 Å². The highest BCUT2D eigenvalue weighted by Gasteiger charge is 2.31. The highest BCUT2D eigenvalue weighted by molar-refractivity contribution is 7.13. The molecule has 3 rings (SSSR count). The standard InChI is InChI=1S/C16H21N5OS/c1-4-14(22)21-7-5-6-12(21)15-17-10(2)8-13(19-15)20-16-18-11(3)9-23-16/h8-9,12H,4-7H2,1-3H3,(H,17,18,19,20). The van der Waals surface area contributed by atoms with E-state index >= 15 is 0 Å². The van der Waals surface area contributed by atoms with Crippen molar-refractivity contribution in [2.24, 2.45) is 0 Å². The first-order chi connectivity index (χ1) is 11.1. The molecule has 7 heteroatoms. The van der Waals surface area contributed by atoms with Crippen molar-refractivity contribution in [3.05, 3.63) is 28.7 Å². The van der Waals surface area contributed by atoms with Crippen LogP contribution in [0.15, 0.2) is 11.4 Å². The molecule has 6 nitrogen and oxygen atoms in total. The van der Waals surface area contributed by atoms with Crippen LogP contribution in [0.5, 0.6) is 0 Å². The van der Waals surface area contributed by atoms with Gasteiger partial charge in [0.25, 0.3) is 0 Å². The number of anilines is 2. The summed E-state index contributed by atoms with van der Waals surface area (Å²) in [7, 11) is 0. The molecule has 23 heavy (non-hydrogen) atoms. The second-order valence-electron chi connectivity index (χ2n) is 5.77. The maximum Gasteiger partial charge on any atom is 0.222 e. The molecule has 3 heterocycles. The molecule has 122 valence electrons. The zero-order valence-corrected chi connectivity index (χ0v) is 14.5. The molecule has 1 amide bonds. The zero-order chi connectivity index (χ0) is 16.4. The summed E-state index contributed by atoms with van der Waals surface area (Å²) in [6.07, 6.45) is 2.44. The highest BCUT2D eigenvalue weighted by atomic mass is 32.1. The van der Waals surface area contributed by atoms with Crippen molar-refractivity contribution >= 4 is 28.2 Å². The van der Waals surface area contributed by atoms with Crippen molar-refractivity contribution in [2.45, 2.75) is 46.1 Å². The Morgan fingerprint density at radius 1 is 1.35 bits per heavy atom. The van der Waals surface area contributed by atoms with Crippen LogP contribution in [0.4, 0.5) is 10.9 Å². The number of amides is 1. The van der Waals surface area contributed by atoms with Gasteiger partial charge in [-0.1, -0.05) is 6.92 Å². The van der Waals surface area contributed by atoms with Crippen LogP contribution in [-0.2, 0) is 4.79 Å². The first-order valence-corrected chi connectivity index (χ1v) is 8.79. The summed E-state index contributed by atoms with van der Waals surface area (Å²) in [5.74, 6) is 1.63. The van der Waals surface area contributed by atoms with Crippen LogP contribution in [0.25, 0.3) is 0 Å². The van der Waals surface area contributed by atoms with E-state index in [1.807, 2.05) is 37.1 Å². The van der Waals surface area contributed by atoms with Gasteiger partial charge < -0.3 is 10.2 Å². The lowest BCUT2D eigenvalue weighted by Gasteiger charge is -2.23. The summed E-state index contributed by atoms with van der Waals surface area (Å²) in [4.78, 5) is 27.6. The van der Waals surface area contributed by atoms with Crippen LogP contribution in [0, 0.1) is 13.8 Å². The molecular formula is C16H21N5OS. The van der Waals surface area contributed by atoms with E-state index in [0.29, 0.717) is 6.42 Å². The SMILES string of the molecule is CCC(=O)N1CCCC1c1nc(C)cc(Nc2nc(C)cs2)n1. The zero-order valence-electron chi connectivity index (χ0n) is 13.7. The highest BCUT2D eigenvalue weighted by Crippen LogP contribution is 2.31. The first-order valence-electron chi connectivity index (χ1n) is 7.91. The molecule has 1 aliphatic heterocycles. The third-order valence-electron chi connectivity index (χ3n) is 3.90. The normalized spacial score (nSPS) is 17.5. The Kier molecular flexibility index (Phi) is 4.56. The second kappa shape index (κ2) is 6.62. The summed E-state index contributed by atoms with van der Waals surface area (Å²) in [5.41, 5.74) is 1.88. The predicted molar refractivity (Wildman–Crippen MR) is 90.9 cm³/mol. The van der Waals surface area contributed by atoms with Gasteiger partial charge in [0.05, 0.1) is 11.7 Å². The average Bonchev–Trinajstić information content (AvgIpc) is 3.15. The fourth-order valence-corrected chi connectivity index (χ4v) is 3.56. The number of thiazole rings is 1. The van der Waals surface area contributed by atoms with Gasteiger partial charge in [0.15, 0.2) is 11.0 Å². The van der Waals surface area contributed by atoms with E-state index in [9.17, 15) is 4.79 Å². The predicted octanol–water partition coefficient (Wildman–Crippen LogP) is 3.37. The molecule has 0 aliphatic carbocycles. The van der Waals surface area contributed by atoms with Crippen LogP contribution < -0.4 is 5.32 Å². The van der Waals surface area contributed by atoms with Crippen LogP contribution in [0.1, 0.15) is 49.4 Å². The van der Waals surface area contributed by atoms with E-state index in [0.717, 1.165) is 47.5 Å². The fraction of sp³-hybridized carbons (Fsp3) is 0.500. The number of nitrogens with one attached hydrogen (secondary N) is 1. The van der Waals surface area contributed by atoms with Crippen LogP contribution >= 0.6 is 11.3 Å². The Bertz CT molecular complexity index is 714. The van der Waals surface area contributed by atoms with Gasteiger partial charge in [-0.2, -0.15) is 0 Å².